The molecule has 3 rings (SSSR count). The number of esters is 2. The van der Waals surface area contributed by atoms with Gasteiger partial charge in [0.05, 0.1) is 10.8 Å². The number of cyclic esters (lactones) is 1. The Morgan fingerprint density at radius 2 is 1.79 bits per heavy atom. The molecule has 1 aliphatic rings. The number of carbonyl (C=O) groups is 2. The van der Waals surface area contributed by atoms with Gasteiger partial charge in [-0.25, -0.2) is 9.79 Å². The average Bonchev–Trinajstić information content (AvgIpc) is 3.03. The normalized spacial score (nSPS) is 14.8. The van der Waals surface area contributed by atoms with Crippen molar-refractivity contribution in [1.82, 2.24) is 0 Å². The van der Waals surface area contributed by atoms with E-state index in [1.165, 1.54) is 30.3 Å². The summed E-state index contributed by atoms with van der Waals surface area (Å²) >= 11 is 0. The number of non-ortho nitro benzene ring substituents is 1. The fourth-order valence-corrected chi connectivity index (χ4v) is 2.28. The van der Waals surface area contributed by atoms with E-state index >= 15 is 0 Å². The largest absolute Gasteiger partial charge is 0.426 e. The number of nitro groups is 1. The summed E-state index contributed by atoms with van der Waals surface area (Å²) in [6.45, 7) is 3.49. The highest BCUT2D eigenvalue weighted by molar-refractivity contribution is 6.12. The predicted molar refractivity (Wildman–Crippen MR) is 101 cm³/mol. The summed E-state index contributed by atoms with van der Waals surface area (Å²) < 4.78 is 10.3. The van der Waals surface area contributed by atoms with Gasteiger partial charge in [0.15, 0.2) is 5.70 Å². The van der Waals surface area contributed by atoms with E-state index in [0.29, 0.717) is 16.9 Å². The van der Waals surface area contributed by atoms with E-state index in [1.807, 2.05) is 0 Å². The minimum atomic E-state index is -0.622. The molecule has 0 saturated carbocycles. The first-order valence-corrected chi connectivity index (χ1v) is 8.42. The molecule has 0 amide bonds. The molecule has 0 N–H and O–H groups in total. The maximum absolute atomic E-state index is 12.0. The van der Waals surface area contributed by atoms with Crippen LogP contribution in [0, 0.1) is 16.0 Å². The highest BCUT2D eigenvalue weighted by Crippen LogP contribution is 2.22. The van der Waals surface area contributed by atoms with Crippen LogP contribution in [0.1, 0.15) is 25.0 Å². The molecule has 1 aliphatic heterocycles. The van der Waals surface area contributed by atoms with Crippen LogP contribution in [0.2, 0.25) is 0 Å². The van der Waals surface area contributed by atoms with Crippen LogP contribution < -0.4 is 4.74 Å². The highest BCUT2D eigenvalue weighted by atomic mass is 16.6. The molecule has 28 heavy (non-hydrogen) atoms. The Morgan fingerprint density at radius 1 is 1.14 bits per heavy atom. The van der Waals surface area contributed by atoms with Crippen molar-refractivity contribution in [3.8, 4) is 5.75 Å². The standard InChI is InChI=1S/C20H16N2O6/c1-12(2)19(23)27-16-9-3-13(4-10-16)11-17-20(24)28-18(21-17)14-5-7-15(8-6-14)22(25)26/h3-12H,1-2H3/b17-11-. The van der Waals surface area contributed by atoms with Gasteiger partial charge in [-0.05, 0) is 35.9 Å². The maximum atomic E-state index is 12.0. The van der Waals surface area contributed by atoms with Crippen molar-refractivity contribution in [1.29, 1.82) is 0 Å². The minimum Gasteiger partial charge on any atom is -0.426 e. The molecule has 0 radical (unpaired) electrons. The number of benzene rings is 2. The molecule has 1 heterocycles. The van der Waals surface area contributed by atoms with E-state index in [2.05, 4.69) is 4.99 Å². The molecule has 2 aromatic rings. The second kappa shape index (κ2) is 7.83. The van der Waals surface area contributed by atoms with Crippen molar-refractivity contribution in [3.63, 3.8) is 0 Å². The molecule has 0 unspecified atom stereocenters. The van der Waals surface area contributed by atoms with Gasteiger partial charge in [0.25, 0.3) is 5.69 Å². The number of hydrogen-bond donors (Lipinski definition) is 0. The van der Waals surface area contributed by atoms with Gasteiger partial charge in [0.1, 0.15) is 5.75 Å². The van der Waals surface area contributed by atoms with E-state index in [-0.39, 0.29) is 29.2 Å². The third-order valence-electron chi connectivity index (χ3n) is 3.82. The summed E-state index contributed by atoms with van der Waals surface area (Å²) in [5, 5.41) is 10.7. The van der Waals surface area contributed by atoms with Crippen LogP contribution in [0.3, 0.4) is 0 Å². The zero-order valence-corrected chi connectivity index (χ0v) is 15.1. The molecule has 0 aromatic heterocycles. The fraction of sp³-hybridized carbons (Fsp3) is 0.150. The van der Waals surface area contributed by atoms with E-state index in [4.69, 9.17) is 9.47 Å². The molecule has 0 fully saturated rings. The Morgan fingerprint density at radius 3 is 2.36 bits per heavy atom. The summed E-state index contributed by atoms with van der Waals surface area (Å²) in [5.74, 6) is -0.702. The lowest BCUT2D eigenvalue weighted by Crippen LogP contribution is -2.14. The maximum Gasteiger partial charge on any atom is 0.363 e. The van der Waals surface area contributed by atoms with E-state index < -0.39 is 10.9 Å². The number of carbonyl (C=O) groups excluding carboxylic acids is 2. The second-order valence-corrected chi connectivity index (χ2v) is 6.28. The smallest absolute Gasteiger partial charge is 0.363 e. The molecule has 0 spiro atoms. The van der Waals surface area contributed by atoms with Crippen LogP contribution in [-0.2, 0) is 14.3 Å². The zero-order chi connectivity index (χ0) is 20.3. The van der Waals surface area contributed by atoms with Crippen molar-refractivity contribution >= 4 is 29.6 Å². The summed E-state index contributed by atoms with van der Waals surface area (Å²) in [5.41, 5.74) is 1.16. The molecule has 8 nitrogen and oxygen atoms in total. The van der Waals surface area contributed by atoms with Crippen LogP contribution in [0.25, 0.3) is 6.08 Å². The first-order valence-electron chi connectivity index (χ1n) is 8.42. The Labute approximate surface area is 160 Å². The number of nitrogens with zero attached hydrogens (tertiary/aromatic N) is 2. The Kier molecular flexibility index (Phi) is 5.30. The van der Waals surface area contributed by atoms with Crippen molar-refractivity contribution in [2.24, 2.45) is 10.9 Å². The minimum absolute atomic E-state index is 0.0669. The predicted octanol–water partition coefficient (Wildman–Crippen LogP) is 3.50. The number of rotatable bonds is 5. The van der Waals surface area contributed by atoms with Gasteiger partial charge in [0.2, 0.25) is 5.90 Å². The molecule has 0 bridgehead atoms. The lowest BCUT2D eigenvalue weighted by Gasteiger charge is -2.06. The molecule has 142 valence electrons. The van der Waals surface area contributed by atoms with Crippen molar-refractivity contribution in [2.45, 2.75) is 13.8 Å². The first kappa shape index (κ1) is 19.0. The third-order valence-corrected chi connectivity index (χ3v) is 3.82. The van der Waals surface area contributed by atoms with Gasteiger partial charge >= 0.3 is 11.9 Å². The first-order chi connectivity index (χ1) is 13.3. The van der Waals surface area contributed by atoms with Gasteiger partial charge in [-0.2, -0.15) is 0 Å². The van der Waals surface area contributed by atoms with E-state index in [9.17, 15) is 19.7 Å². The average molecular weight is 380 g/mol. The molecular formula is C20H16N2O6. The number of ether oxygens (including phenoxy) is 2. The fourth-order valence-electron chi connectivity index (χ4n) is 2.28. The third kappa shape index (κ3) is 4.29. The number of aliphatic imine (C=N–C) groups is 1. The number of nitro benzene ring substituents is 1. The Balaban J connectivity index is 1.77. The summed E-state index contributed by atoms with van der Waals surface area (Å²) in [6, 6.07) is 12.2. The lowest BCUT2D eigenvalue weighted by molar-refractivity contribution is -0.384. The Bertz CT molecular complexity index is 988. The zero-order valence-electron chi connectivity index (χ0n) is 15.1. The molecule has 0 aliphatic carbocycles. The van der Waals surface area contributed by atoms with Crippen molar-refractivity contribution in [2.75, 3.05) is 0 Å². The van der Waals surface area contributed by atoms with Crippen LogP contribution in [0.4, 0.5) is 5.69 Å². The van der Waals surface area contributed by atoms with E-state index in [1.54, 1.807) is 38.1 Å². The highest BCUT2D eigenvalue weighted by Gasteiger charge is 2.24. The van der Waals surface area contributed by atoms with Crippen LogP contribution >= 0.6 is 0 Å². The quantitative estimate of drug-likeness (QED) is 0.258. The van der Waals surface area contributed by atoms with Crippen molar-refractivity contribution < 1.29 is 24.0 Å². The van der Waals surface area contributed by atoms with Gasteiger partial charge in [-0.3, -0.25) is 14.9 Å². The van der Waals surface area contributed by atoms with Crippen LogP contribution in [0.15, 0.2) is 59.2 Å². The second-order valence-electron chi connectivity index (χ2n) is 6.28. The molecular weight excluding hydrogens is 364 g/mol. The monoisotopic (exact) mass is 380 g/mol. The molecule has 0 saturated heterocycles. The van der Waals surface area contributed by atoms with Gasteiger partial charge in [-0.15, -0.1) is 0 Å². The molecule has 0 atom stereocenters. The summed E-state index contributed by atoms with van der Waals surface area (Å²) in [4.78, 5) is 38.0. The van der Waals surface area contributed by atoms with E-state index in [0.717, 1.165) is 0 Å². The van der Waals surface area contributed by atoms with Crippen LogP contribution in [0.5, 0.6) is 5.75 Å². The summed E-state index contributed by atoms with van der Waals surface area (Å²) in [6.07, 6.45) is 1.54. The SMILES string of the molecule is CC(C)C(=O)Oc1ccc(/C=C2\N=C(c3ccc([N+](=O)[O-])cc3)OC2=O)cc1. The molecule has 2 aromatic carbocycles. The molecule has 8 heteroatoms. The summed E-state index contributed by atoms with van der Waals surface area (Å²) in [7, 11) is 0. The lowest BCUT2D eigenvalue weighted by atomic mass is 10.2. The Hall–Kier alpha value is -3.81. The topological polar surface area (TPSA) is 108 Å². The van der Waals surface area contributed by atoms with Gasteiger partial charge in [0, 0.05) is 17.7 Å². The van der Waals surface area contributed by atoms with Gasteiger partial charge in [-0.1, -0.05) is 26.0 Å². The number of hydrogen-bond acceptors (Lipinski definition) is 7. The van der Waals surface area contributed by atoms with Crippen molar-refractivity contribution in [3.05, 3.63) is 75.5 Å². The van der Waals surface area contributed by atoms with Gasteiger partial charge < -0.3 is 9.47 Å². The van der Waals surface area contributed by atoms with Crippen LogP contribution in [-0.4, -0.2) is 22.8 Å².